The Morgan fingerprint density at radius 2 is 0.855 bits per heavy atom. The van der Waals surface area contributed by atoms with Gasteiger partial charge >= 0.3 is 5.97 Å². The number of aliphatic hydroxyl groups is 2. The molecule has 394 valence electrons. The Hall–Kier alpha value is -6.15. The van der Waals surface area contributed by atoms with Gasteiger partial charge < -0.3 is 80.8 Å². The standard InChI is InChI=1S/C43H79N13O13/c1-11-19(4)29(45)38(64)56-32(24(9)57)40(66)50-23(8)35(61)55-33(25(10)58)41(67)52-27(16-17-28(44)59)36(62)49-22(7)34(60)53-30(20(5)12-2)39(65)51-26(15-14-18-48-43(46)47)37(63)54-31(42(68)69)21(6)13-3/h19-27,29-33,57-58H,11-18,45H2,1-10H3,(H2,44,59)(H,49,62)(H,50,66)(H,51,65)(H,52,67)(H,53,60)(H,54,63)(H,55,61)(H,56,64)(H,68,69)(H4,46,47,48)/t19-,20-,21-,22-,23-,24+,25+,26-,27-,29-,30-,31-,32-,33-/m0/s1. The van der Waals surface area contributed by atoms with E-state index < -0.39 is 150 Å². The number of aliphatic carboxylic acids is 1. The van der Waals surface area contributed by atoms with Crippen LogP contribution in [0, 0.1) is 17.8 Å². The van der Waals surface area contributed by atoms with Crippen LogP contribution in [0.1, 0.15) is 114 Å². The molecule has 69 heavy (non-hydrogen) atoms. The molecule has 0 saturated heterocycles. The summed E-state index contributed by atoms with van der Waals surface area (Å²) in [5.74, 6) is -11.0. The zero-order valence-corrected chi connectivity index (χ0v) is 41.4. The Labute approximate surface area is 403 Å². The predicted octanol–water partition coefficient (Wildman–Crippen LogP) is -4.46. The molecule has 14 atom stereocenters. The van der Waals surface area contributed by atoms with Crippen LogP contribution in [0.15, 0.2) is 4.99 Å². The van der Waals surface area contributed by atoms with E-state index in [0.29, 0.717) is 19.3 Å². The number of hydrogen-bond acceptors (Lipinski definition) is 14. The predicted molar refractivity (Wildman–Crippen MR) is 252 cm³/mol. The Kier molecular flexibility index (Phi) is 28.3. The third-order valence-electron chi connectivity index (χ3n) is 11.6. The number of nitrogens with two attached hydrogens (primary N) is 4. The topological polar surface area (TPSA) is 444 Å². The fourth-order valence-electron chi connectivity index (χ4n) is 6.37. The van der Waals surface area contributed by atoms with Crippen molar-refractivity contribution in [3.63, 3.8) is 0 Å². The molecular weight excluding hydrogens is 907 g/mol. The van der Waals surface area contributed by atoms with Gasteiger partial charge in [0.2, 0.25) is 53.2 Å². The van der Waals surface area contributed by atoms with Crippen molar-refractivity contribution in [2.24, 2.45) is 45.7 Å². The molecule has 0 aliphatic carbocycles. The zero-order chi connectivity index (χ0) is 53.5. The number of carbonyl (C=O) groups is 10. The van der Waals surface area contributed by atoms with Crippen molar-refractivity contribution >= 4 is 65.1 Å². The third-order valence-corrected chi connectivity index (χ3v) is 11.6. The van der Waals surface area contributed by atoms with E-state index in [9.17, 15) is 63.3 Å². The van der Waals surface area contributed by atoms with Crippen LogP contribution in [0.4, 0.5) is 0 Å². The van der Waals surface area contributed by atoms with Crippen molar-refractivity contribution in [1.29, 1.82) is 0 Å². The molecule has 0 bridgehead atoms. The summed E-state index contributed by atoms with van der Waals surface area (Å²) in [7, 11) is 0. The molecule has 0 aromatic rings. The molecule has 26 heteroatoms. The first-order chi connectivity index (χ1) is 32.0. The first-order valence-electron chi connectivity index (χ1n) is 23.2. The van der Waals surface area contributed by atoms with Crippen molar-refractivity contribution in [3.05, 3.63) is 0 Å². The molecule has 9 amide bonds. The highest BCUT2D eigenvalue weighted by molar-refractivity contribution is 5.98. The van der Waals surface area contributed by atoms with Gasteiger partial charge in [-0.2, -0.15) is 0 Å². The van der Waals surface area contributed by atoms with Gasteiger partial charge in [-0.1, -0.05) is 60.8 Å². The fourth-order valence-corrected chi connectivity index (χ4v) is 6.37. The van der Waals surface area contributed by atoms with Crippen molar-refractivity contribution in [2.75, 3.05) is 6.54 Å². The van der Waals surface area contributed by atoms with Gasteiger partial charge in [0.25, 0.3) is 0 Å². The molecular formula is C43H79N13O13. The van der Waals surface area contributed by atoms with Gasteiger partial charge in [-0.25, -0.2) is 4.79 Å². The van der Waals surface area contributed by atoms with E-state index in [1.54, 1.807) is 34.6 Å². The zero-order valence-electron chi connectivity index (χ0n) is 41.4. The molecule has 0 rings (SSSR count). The number of amides is 9. The minimum atomic E-state index is -1.76. The molecule has 0 heterocycles. The largest absolute Gasteiger partial charge is 0.480 e. The Balaban J connectivity index is 6.24. The minimum absolute atomic E-state index is 0.0254. The lowest BCUT2D eigenvalue weighted by molar-refractivity contribution is -0.144. The number of aliphatic hydroxyl groups excluding tert-OH is 2. The second kappa shape index (κ2) is 31.1. The molecule has 0 aromatic carbocycles. The summed E-state index contributed by atoms with van der Waals surface area (Å²) >= 11 is 0. The SMILES string of the molecule is CC[C@H](C)[C@H](N)C(=O)N[C@H](C(=O)N[C@@H](C)C(=O)N[C@H](C(=O)N[C@@H](CCC(N)=O)C(=O)N[C@@H](C)C(=O)N[C@H](C(=O)N[C@@H](CCCN=C(N)N)C(=O)N[C@H](C(=O)O)[C@@H](C)CC)[C@@H](C)CC)[C@@H](C)O)[C@@H](C)O. The highest BCUT2D eigenvalue weighted by Gasteiger charge is 2.37. The molecule has 0 unspecified atom stereocenters. The van der Waals surface area contributed by atoms with E-state index in [4.69, 9.17) is 22.9 Å². The first-order valence-corrected chi connectivity index (χ1v) is 23.2. The third kappa shape index (κ3) is 22.2. The van der Waals surface area contributed by atoms with Crippen molar-refractivity contribution in [3.8, 4) is 0 Å². The van der Waals surface area contributed by atoms with Gasteiger partial charge in [0.15, 0.2) is 5.96 Å². The normalized spacial score (nSPS) is 17.2. The summed E-state index contributed by atoms with van der Waals surface area (Å²) in [6.07, 6.45) is -2.40. The highest BCUT2D eigenvalue weighted by Crippen LogP contribution is 2.13. The summed E-state index contributed by atoms with van der Waals surface area (Å²) in [5.41, 5.74) is 22.1. The molecule has 0 saturated carbocycles. The smallest absolute Gasteiger partial charge is 0.326 e. The number of carbonyl (C=O) groups excluding carboxylic acids is 9. The number of aliphatic imine (C=N–C) groups is 1. The summed E-state index contributed by atoms with van der Waals surface area (Å²) in [6.45, 7) is 15.2. The maximum atomic E-state index is 13.8. The van der Waals surface area contributed by atoms with Crippen LogP contribution >= 0.6 is 0 Å². The summed E-state index contributed by atoms with van der Waals surface area (Å²) in [4.78, 5) is 135. The molecule has 0 spiro atoms. The fraction of sp³-hybridized carbons (Fsp3) is 0.744. The Morgan fingerprint density at radius 1 is 0.478 bits per heavy atom. The molecule has 0 aliphatic rings. The Bertz CT molecular complexity index is 1800. The van der Waals surface area contributed by atoms with Crippen molar-refractivity contribution in [2.45, 2.75) is 181 Å². The van der Waals surface area contributed by atoms with Crippen molar-refractivity contribution in [1.82, 2.24) is 42.5 Å². The van der Waals surface area contributed by atoms with E-state index in [-0.39, 0.29) is 31.3 Å². The number of nitrogens with zero attached hydrogens (tertiary/aromatic N) is 1. The van der Waals surface area contributed by atoms with Crippen LogP contribution in [0.3, 0.4) is 0 Å². The number of carboxylic acids is 1. The van der Waals surface area contributed by atoms with Crippen LogP contribution in [0.2, 0.25) is 0 Å². The van der Waals surface area contributed by atoms with E-state index in [1.807, 2.05) is 6.92 Å². The first kappa shape index (κ1) is 62.8. The van der Waals surface area contributed by atoms with E-state index in [1.165, 1.54) is 20.8 Å². The molecule has 0 aromatic heterocycles. The summed E-state index contributed by atoms with van der Waals surface area (Å²) in [5, 5.41) is 49.9. The van der Waals surface area contributed by atoms with Gasteiger partial charge in [-0.15, -0.1) is 0 Å². The van der Waals surface area contributed by atoms with Gasteiger partial charge in [0, 0.05) is 13.0 Å². The number of guanidine groups is 1. The lowest BCUT2D eigenvalue weighted by Crippen LogP contribution is -2.62. The van der Waals surface area contributed by atoms with Crippen molar-refractivity contribution < 1.29 is 63.3 Å². The van der Waals surface area contributed by atoms with Gasteiger partial charge in [-0.3, -0.25) is 48.1 Å². The average Bonchev–Trinajstić information content (AvgIpc) is 3.28. The average molecular weight is 986 g/mol. The lowest BCUT2D eigenvalue weighted by atomic mass is 9.96. The highest BCUT2D eigenvalue weighted by atomic mass is 16.4. The monoisotopic (exact) mass is 986 g/mol. The maximum Gasteiger partial charge on any atom is 0.326 e. The van der Waals surface area contributed by atoms with Gasteiger partial charge in [0.05, 0.1) is 18.2 Å². The maximum absolute atomic E-state index is 13.8. The van der Waals surface area contributed by atoms with Crippen LogP contribution in [0.5, 0.6) is 0 Å². The molecule has 0 fully saturated rings. The number of nitrogens with one attached hydrogen (secondary N) is 8. The minimum Gasteiger partial charge on any atom is -0.480 e. The van der Waals surface area contributed by atoms with Crippen LogP contribution in [-0.2, 0) is 47.9 Å². The van der Waals surface area contributed by atoms with Crippen LogP contribution in [-0.4, -0.2) is 154 Å². The second-order valence-corrected chi connectivity index (χ2v) is 17.5. The number of hydrogen-bond donors (Lipinski definition) is 15. The Morgan fingerprint density at radius 3 is 1.29 bits per heavy atom. The number of carboxylic acid groups (broad SMARTS) is 1. The molecule has 0 radical (unpaired) electrons. The number of rotatable bonds is 32. The summed E-state index contributed by atoms with van der Waals surface area (Å²) < 4.78 is 0. The van der Waals surface area contributed by atoms with Gasteiger partial charge in [-0.05, 0) is 64.7 Å². The second-order valence-electron chi connectivity index (χ2n) is 17.5. The van der Waals surface area contributed by atoms with Crippen LogP contribution < -0.4 is 65.5 Å². The van der Waals surface area contributed by atoms with Crippen LogP contribution in [0.25, 0.3) is 0 Å². The summed E-state index contributed by atoms with van der Waals surface area (Å²) in [6, 6.07) is -12.6. The number of primary amides is 1. The lowest BCUT2D eigenvalue weighted by Gasteiger charge is -2.29. The van der Waals surface area contributed by atoms with E-state index >= 15 is 0 Å². The van der Waals surface area contributed by atoms with E-state index in [0.717, 1.165) is 6.92 Å². The molecule has 0 aliphatic heterocycles. The van der Waals surface area contributed by atoms with Gasteiger partial charge in [0.1, 0.15) is 48.3 Å². The molecule has 19 N–H and O–H groups in total. The van der Waals surface area contributed by atoms with E-state index in [2.05, 4.69) is 47.5 Å². The molecule has 26 nitrogen and oxygen atoms in total. The quantitative estimate of drug-likeness (QED) is 0.0172.